The van der Waals surface area contributed by atoms with E-state index in [2.05, 4.69) is 4.98 Å². The summed E-state index contributed by atoms with van der Waals surface area (Å²) in [6.45, 7) is 0.830. The molecular formula is C14H16ClN3OS. The molecule has 0 aromatic carbocycles. The zero-order valence-corrected chi connectivity index (χ0v) is 13.0. The van der Waals surface area contributed by atoms with Crippen LogP contribution in [0.25, 0.3) is 0 Å². The minimum atomic E-state index is 0.0122. The van der Waals surface area contributed by atoms with Gasteiger partial charge in [-0.3, -0.25) is 9.69 Å². The van der Waals surface area contributed by atoms with Gasteiger partial charge < -0.3 is 4.90 Å². The van der Waals surface area contributed by atoms with Gasteiger partial charge >= 0.3 is 0 Å². The molecule has 4 nitrogen and oxygen atoms in total. The van der Waals surface area contributed by atoms with E-state index in [0.717, 1.165) is 9.21 Å². The van der Waals surface area contributed by atoms with Crippen LogP contribution in [0.5, 0.6) is 0 Å². The Morgan fingerprint density at radius 1 is 1.30 bits per heavy atom. The van der Waals surface area contributed by atoms with E-state index in [1.165, 1.54) is 11.3 Å². The van der Waals surface area contributed by atoms with Gasteiger partial charge in [0, 0.05) is 11.1 Å². The van der Waals surface area contributed by atoms with E-state index >= 15 is 0 Å². The molecule has 20 heavy (non-hydrogen) atoms. The lowest BCUT2D eigenvalue weighted by molar-refractivity contribution is -0.119. The number of amides is 1. The predicted molar refractivity (Wildman–Crippen MR) is 83.3 cm³/mol. The summed E-state index contributed by atoms with van der Waals surface area (Å²) in [7, 11) is 3.74. The maximum absolute atomic E-state index is 12.4. The van der Waals surface area contributed by atoms with Gasteiger partial charge in [0.2, 0.25) is 5.91 Å². The molecule has 2 rings (SSSR count). The molecule has 0 aliphatic heterocycles. The molecule has 0 saturated heterocycles. The predicted octanol–water partition coefficient (Wildman–Crippen LogP) is 2.89. The molecule has 2 aromatic rings. The fourth-order valence-electron chi connectivity index (χ4n) is 1.76. The van der Waals surface area contributed by atoms with E-state index in [1.54, 1.807) is 11.1 Å². The fraction of sp³-hybridized carbons (Fsp3) is 0.286. The van der Waals surface area contributed by atoms with Crippen LogP contribution >= 0.6 is 22.9 Å². The third-order valence-electron chi connectivity index (χ3n) is 2.62. The van der Waals surface area contributed by atoms with Crippen molar-refractivity contribution in [2.75, 3.05) is 25.5 Å². The number of hydrogen-bond acceptors (Lipinski definition) is 4. The Labute approximate surface area is 127 Å². The quantitative estimate of drug-likeness (QED) is 0.852. The van der Waals surface area contributed by atoms with Crippen molar-refractivity contribution in [2.45, 2.75) is 6.54 Å². The number of nitrogens with zero attached hydrogens (tertiary/aromatic N) is 3. The third-order valence-corrected chi connectivity index (χ3v) is 3.84. The Balaban J connectivity index is 2.22. The van der Waals surface area contributed by atoms with Gasteiger partial charge in [-0.15, -0.1) is 11.3 Å². The van der Waals surface area contributed by atoms with Crippen molar-refractivity contribution in [3.05, 3.63) is 45.7 Å². The minimum Gasteiger partial charge on any atom is -0.301 e. The second-order valence-electron chi connectivity index (χ2n) is 4.61. The maximum atomic E-state index is 12.4. The van der Waals surface area contributed by atoms with E-state index in [4.69, 9.17) is 11.6 Å². The van der Waals surface area contributed by atoms with Gasteiger partial charge in [0.15, 0.2) is 0 Å². The van der Waals surface area contributed by atoms with Gasteiger partial charge in [-0.2, -0.15) is 0 Å². The first kappa shape index (κ1) is 15.0. The molecule has 0 atom stereocenters. The lowest BCUT2D eigenvalue weighted by atomic mass is 10.3. The Morgan fingerprint density at radius 3 is 2.65 bits per heavy atom. The number of anilines is 1. The highest BCUT2D eigenvalue weighted by atomic mass is 35.5. The van der Waals surface area contributed by atoms with Crippen molar-refractivity contribution < 1.29 is 4.79 Å². The molecule has 2 heterocycles. The summed E-state index contributed by atoms with van der Waals surface area (Å²) in [5.41, 5.74) is 0. The lowest BCUT2D eigenvalue weighted by Crippen LogP contribution is -2.37. The Bertz CT molecular complexity index is 571. The van der Waals surface area contributed by atoms with Gasteiger partial charge in [-0.1, -0.05) is 17.7 Å². The highest BCUT2D eigenvalue weighted by molar-refractivity contribution is 7.16. The zero-order valence-electron chi connectivity index (χ0n) is 11.4. The average Bonchev–Trinajstić information content (AvgIpc) is 2.81. The van der Waals surface area contributed by atoms with Crippen LogP contribution in [0.15, 0.2) is 36.5 Å². The lowest BCUT2D eigenvalue weighted by Gasteiger charge is -2.22. The molecule has 6 heteroatoms. The first-order valence-corrected chi connectivity index (χ1v) is 7.36. The molecule has 1 amide bonds. The van der Waals surface area contributed by atoms with Crippen LogP contribution in [0.3, 0.4) is 0 Å². The number of pyridine rings is 1. The molecule has 0 aliphatic rings. The van der Waals surface area contributed by atoms with Crippen molar-refractivity contribution >= 4 is 34.7 Å². The highest BCUT2D eigenvalue weighted by Crippen LogP contribution is 2.24. The van der Waals surface area contributed by atoms with Crippen LogP contribution in [-0.2, 0) is 11.3 Å². The average molecular weight is 310 g/mol. The Kier molecular flexibility index (Phi) is 5.11. The summed E-state index contributed by atoms with van der Waals surface area (Å²) in [6, 6.07) is 9.32. The van der Waals surface area contributed by atoms with Gasteiger partial charge in [0.25, 0.3) is 0 Å². The first-order valence-electron chi connectivity index (χ1n) is 6.16. The summed E-state index contributed by atoms with van der Waals surface area (Å²) >= 11 is 7.42. The monoisotopic (exact) mass is 309 g/mol. The number of carbonyl (C=O) groups excluding carboxylic acids is 1. The number of hydrogen-bond donors (Lipinski definition) is 0. The second-order valence-corrected chi connectivity index (χ2v) is 6.41. The number of aromatic nitrogens is 1. The van der Waals surface area contributed by atoms with E-state index in [-0.39, 0.29) is 5.91 Å². The Morgan fingerprint density at radius 2 is 2.10 bits per heavy atom. The molecule has 0 N–H and O–H groups in total. The van der Waals surface area contributed by atoms with Crippen LogP contribution in [0.4, 0.5) is 5.82 Å². The number of halogens is 1. The van der Waals surface area contributed by atoms with Crippen LogP contribution in [-0.4, -0.2) is 36.4 Å². The summed E-state index contributed by atoms with van der Waals surface area (Å²) in [5, 5.41) is 0. The zero-order chi connectivity index (χ0) is 14.5. The molecule has 0 saturated carbocycles. The molecular weight excluding hydrogens is 294 g/mol. The summed E-state index contributed by atoms with van der Waals surface area (Å²) < 4.78 is 0.723. The van der Waals surface area contributed by atoms with Gasteiger partial charge in [-0.25, -0.2) is 4.98 Å². The first-order chi connectivity index (χ1) is 9.56. The van der Waals surface area contributed by atoms with Crippen LogP contribution in [0, 0.1) is 0 Å². The summed E-state index contributed by atoms with van der Waals surface area (Å²) in [6.07, 6.45) is 1.69. The van der Waals surface area contributed by atoms with Crippen LogP contribution in [0.2, 0.25) is 4.34 Å². The SMILES string of the molecule is CN(C)CC(=O)N(Cc1ccc(Cl)s1)c1ccccn1. The molecule has 2 aromatic heterocycles. The second kappa shape index (κ2) is 6.83. The van der Waals surface area contributed by atoms with Gasteiger partial charge in [0.05, 0.1) is 17.4 Å². The molecule has 0 unspecified atom stereocenters. The number of carbonyl (C=O) groups is 1. The van der Waals surface area contributed by atoms with E-state index in [1.807, 2.05) is 49.3 Å². The molecule has 0 bridgehead atoms. The van der Waals surface area contributed by atoms with E-state index in [9.17, 15) is 4.79 Å². The number of rotatable bonds is 5. The molecule has 106 valence electrons. The van der Waals surface area contributed by atoms with Crippen molar-refractivity contribution in [1.82, 2.24) is 9.88 Å². The number of likely N-dealkylation sites (N-methyl/N-ethyl adjacent to an activating group) is 1. The maximum Gasteiger partial charge on any atom is 0.242 e. The third kappa shape index (κ3) is 4.03. The molecule has 0 spiro atoms. The van der Waals surface area contributed by atoms with E-state index < -0.39 is 0 Å². The molecule has 0 aliphatic carbocycles. The van der Waals surface area contributed by atoms with Gasteiger partial charge in [0.1, 0.15) is 5.82 Å². The molecule has 0 radical (unpaired) electrons. The Hall–Kier alpha value is -1.43. The molecule has 0 fully saturated rings. The smallest absolute Gasteiger partial charge is 0.242 e. The van der Waals surface area contributed by atoms with E-state index in [0.29, 0.717) is 18.9 Å². The fourth-order valence-corrected chi connectivity index (χ4v) is 2.84. The van der Waals surface area contributed by atoms with Crippen molar-refractivity contribution in [1.29, 1.82) is 0 Å². The topological polar surface area (TPSA) is 36.4 Å². The highest BCUT2D eigenvalue weighted by Gasteiger charge is 2.18. The largest absolute Gasteiger partial charge is 0.301 e. The summed E-state index contributed by atoms with van der Waals surface area (Å²) in [4.78, 5) is 21.2. The normalized spacial score (nSPS) is 10.8. The van der Waals surface area contributed by atoms with Crippen LogP contribution < -0.4 is 4.90 Å². The van der Waals surface area contributed by atoms with Crippen molar-refractivity contribution in [2.24, 2.45) is 0 Å². The standard InChI is InChI=1S/C14H16ClN3OS/c1-17(2)10-14(19)18(13-5-3-4-8-16-13)9-11-6-7-12(15)20-11/h3-8H,9-10H2,1-2H3. The van der Waals surface area contributed by atoms with Gasteiger partial charge in [-0.05, 0) is 38.4 Å². The number of thiophene rings is 1. The minimum absolute atomic E-state index is 0.0122. The summed E-state index contributed by atoms with van der Waals surface area (Å²) in [5.74, 6) is 0.669. The van der Waals surface area contributed by atoms with Crippen molar-refractivity contribution in [3.63, 3.8) is 0 Å². The van der Waals surface area contributed by atoms with Crippen LogP contribution in [0.1, 0.15) is 4.88 Å². The van der Waals surface area contributed by atoms with Crippen molar-refractivity contribution in [3.8, 4) is 0 Å².